The molecular weight excluding hydrogens is 418 g/mol. The van der Waals surface area contributed by atoms with E-state index in [1.54, 1.807) is 0 Å². The minimum atomic E-state index is -3.66. The molecule has 2 unspecified atom stereocenters. The molecular formula is C21H39N5O4S. The van der Waals surface area contributed by atoms with Gasteiger partial charge in [0.2, 0.25) is 15.9 Å². The standard InChI is InChI=1S/C21H39N5O4S/c1-15-13-24-19(14-23-15)20(27)22-12-11-16-7-9-18(10-8-16)31(29,30)26-21(28)25-17-5-3-2-4-6-17/h15-19,23-24H,2-14H2,1H3,(H,22,27)(H2,25,26,28). The van der Waals surface area contributed by atoms with Crippen molar-refractivity contribution in [1.82, 2.24) is 26.0 Å². The van der Waals surface area contributed by atoms with Crippen LogP contribution in [0, 0.1) is 5.92 Å². The Morgan fingerprint density at radius 2 is 1.65 bits per heavy atom. The predicted octanol–water partition coefficient (Wildman–Crippen LogP) is 0.963. The fourth-order valence-electron chi connectivity index (χ4n) is 4.90. The molecule has 10 heteroatoms. The molecule has 9 nitrogen and oxygen atoms in total. The Bertz CT molecular complexity index is 695. The van der Waals surface area contributed by atoms with Crippen LogP contribution >= 0.6 is 0 Å². The van der Waals surface area contributed by atoms with E-state index in [9.17, 15) is 18.0 Å². The summed E-state index contributed by atoms with van der Waals surface area (Å²) in [6.45, 7) is 4.10. The molecule has 0 aromatic heterocycles. The quantitative estimate of drug-likeness (QED) is 0.387. The number of carbonyl (C=O) groups excluding carboxylic acids is 2. The summed E-state index contributed by atoms with van der Waals surface area (Å²) in [4.78, 5) is 24.4. The van der Waals surface area contributed by atoms with E-state index in [4.69, 9.17) is 0 Å². The van der Waals surface area contributed by atoms with Gasteiger partial charge in [-0.25, -0.2) is 17.9 Å². The van der Waals surface area contributed by atoms with Crippen LogP contribution < -0.4 is 26.0 Å². The summed E-state index contributed by atoms with van der Waals surface area (Å²) in [5.41, 5.74) is 0. The number of rotatable bonds is 7. The lowest BCUT2D eigenvalue weighted by Gasteiger charge is -2.30. The highest BCUT2D eigenvalue weighted by molar-refractivity contribution is 7.90. The van der Waals surface area contributed by atoms with E-state index in [0.29, 0.717) is 37.9 Å². The highest BCUT2D eigenvalue weighted by atomic mass is 32.2. The summed E-state index contributed by atoms with van der Waals surface area (Å²) >= 11 is 0. The van der Waals surface area contributed by atoms with Crippen molar-refractivity contribution < 1.29 is 18.0 Å². The van der Waals surface area contributed by atoms with E-state index >= 15 is 0 Å². The van der Waals surface area contributed by atoms with E-state index in [2.05, 4.69) is 32.9 Å². The highest BCUT2D eigenvalue weighted by Gasteiger charge is 2.32. The molecule has 0 aromatic carbocycles. The summed E-state index contributed by atoms with van der Waals surface area (Å²) < 4.78 is 27.4. The van der Waals surface area contributed by atoms with E-state index < -0.39 is 21.3 Å². The smallest absolute Gasteiger partial charge is 0.328 e. The summed E-state index contributed by atoms with van der Waals surface area (Å²) in [6, 6.07) is -0.318. The Labute approximate surface area is 186 Å². The van der Waals surface area contributed by atoms with Crippen molar-refractivity contribution in [2.24, 2.45) is 5.92 Å². The summed E-state index contributed by atoms with van der Waals surface area (Å²) in [5.74, 6) is 0.420. The third-order valence-electron chi connectivity index (χ3n) is 6.92. The Balaban J connectivity index is 1.32. The average Bonchev–Trinajstić information content (AvgIpc) is 2.75. The number of piperazine rings is 1. The summed E-state index contributed by atoms with van der Waals surface area (Å²) in [7, 11) is -3.66. The molecule has 0 radical (unpaired) electrons. The predicted molar refractivity (Wildman–Crippen MR) is 120 cm³/mol. The van der Waals surface area contributed by atoms with E-state index in [1.165, 1.54) is 6.42 Å². The number of urea groups is 1. The van der Waals surface area contributed by atoms with Crippen molar-refractivity contribution in [3.8, 4) is 0 Å². The Morgan fingerprint density at radius 1 is 0.935 bits per heavy atom. The summed E-state index contributed by atoms with van der Waals surface area (Å²) in [5, 5.41) is 11.8. The lowest BCUT2D eigenvalue weighted by molar-refractivity contribution is -0.123. The van der Waals surface area contributed by atoms with Crippen molar-refractivity contribution in [3.05, 3.63) is 0 Å². The second-order valence-corrected chi connectivity index (χ2v) is 11.4. The number of carbonyl (C=O) groups is 2. The molecule has 2 saturated carbocycles. The van der Waals surface area contributed by atoms with Gasteiger partial charge in [-0.2, -0.15) is 0 Å². The molecule has 3 rings (SSSR count). The molecule has 178 valence electrons. The van der Waals surface area contributed by atoms with Crippen LogP contribution in [0.25, 0.3) is 0 Å². The van der Waals surface area contributed by atoms with Gasteiger partial charge >= 0.3 is 6.03 Å². The number of amides is 3. The van der Waals surface area contributed by atoms with Crippen molar-refractivity contribution >= 4 is 22.0 Å². The minimum Gasteiger partial charge on any atom is -0.355 e. The van der Waals surface area contributed by atoms with Gasteiger partial charge in [0, 0.05) is 31.7 Å². The normalized spacial score (nSPS) is 30.4. The molecule has 0 spiro atoms. The fraction of sp³-hybridized carbons (Fsp3) is 0.905. The van der Waals surface area contributed by atoms with Crippen LogP contribution in [0.2, 0.25) is 0 Å². The molecule has 1 saturated heterocycles. The molecule has 5 N–H and O–H groups in total. The topological polar surface area (TPSA) is 128 Å². The molecule has 2 atom stereocenters. The van der Waals surface area contributed by atoms with Crippen LogP contribution in [0.15, 0.2) is 0 Å². The van der Waals surface area contributed by atoms with Crippen molar-refractivity contribution in [2.45, 2.75) is 94.5 Å². The second kappa shape index (κ2) is 11.5. The second-order valence-electron chi connectivity index (χ2n) is 9.45. The highest BCUT2D eigenvalue weighted by Crippen LogP contribution is 2.30. The monoisotopic (exact) mass is 457 g/mol. The molecule has 0 bridgehead atoms. The maximum atomic E-state index is 12.6. The third kappa shape index (κ3) is 7.61. The molecule has 1 aliphatic heterocycles. The number of nitrogens with one attached hydrogen (secondary N) is 5. The Morgan fingerprint density at radius 3 is 2.29 bits per heavy atom. The molecule has 31 heavy (non-hydrogen) atoms. The van der Waals surface area contributed by atoms with Gasteiger partial charge in [-0.15, -0.1) is 0 Å². The van der Waals surface area contributed by atoms with E-state index in [1.807, 2.05) is 0 Å². The van der Waals surface area contributed by atoms with Gasteiger partial charge in [-0.1, -0.05) is 19.3 Å². The number of hydrogen-bond acceptors (Lipinski definition) is 6. The first-order chi connectivity index (χ1) is 14.8. The van der Waals surface area contributed by atoms with E-state index in [-0.39, 0.29) is 18.0 Å². The van der Waals surface area contributed by atoms with Gasteiger partial charge in [0.1, 0.15) is 0 Å². The first-order valence-corrected chi connectivity index (χ1v) is 13.4. The molecule has 1 heterocycles. The minimum absolute atomic E-state index is 0.0174. The van der Waals surface area contributed by atoms with Crippen LogP contribution in [-0.4, -0.2) is 63.4 Å². The van der Waals surface area contributed by atoms with Crippen molar-refractivity contribution in [3.63, 3.8) is 0 Å². The molecule has 3 aliphatic rings. The van der Waals surface area contributed by atoms with Crippen LogP contribution in [0.3, 0.4) is 0 Å². The van der Waals surface area contributed by atoms with Crippen LogP contribution in [0.1, 0.15) is 71.1 Å². The summed E-state index contributed by atoms with van der Waals surface area (Å²) in [6.07, 6.45) is 8.73. The van der Waals surface area contributed by atoms with Crippen molar-refractivity contribution in [2.75, 3.05) is 19.6 Å². The van der Waals surface area contributed by atoms with Crippen LogP contribution in [0.4, 0.5) is 4.79 Å². The molecule has 3 amide bonds. The Hall–Kier alpha value is -1.39. The maximum absolute atomic E-state index is 12.6. The molecule has 3 fully saturated rings. The van der Waals surface area contributed by atoms with Gasteiger partial charge in [0.15, 0.2) is 0 Å². The number of hydrogen-bond donors (Lipinski definition) is 5. The maximum Gasteiger partial charge on any atom is 0.328 e. The lowest BCUT2D eigenvalue weighted by Crippen LogP contribution is -2.59. The van der Waals surface area contributed by atoms with Gasteiger partial charge in [0.25, 0.3) is 0 Å². The Kier molecular flexibility index (Phi) is 8.97. The van der Waals surface area contributed by atoms with Gasteiger partial charge in [-0.05, 0) is 57.8 Å². The van der Waals surface area contributed by atoms with Gasteiger partial charge < -0.3 is 21.3 Å². The zero-order valence-electron chi connectivity index (χ0n) is 18.6. The largest absolute Gasteiger partial charge is 0.355 e. The number of sulfonamides is 1. The van der Waals surface area contributed by atoms with Crippen molar-refractivity contribution in [1.29, 1.82) is 0 Å². The average molecular weight is 458 g/mol. The third-order valence-corrected chi connectivity index (χ3v) is 8.74. The SMILES string of the molecule is CC1CNC(C(=O)NCCC2CCC(S(=O)(=O)NC(=O)NC3CCCCC3)CC2)CN1. The fourth-order valence-corrected chi connectivity index (χ4v) is 6.27. The first kappa shape index (κ1) is 24.3. The van der Waals surface area contributed by atoms with Crippen LogP contribution in [0.5, 0.6) is 0 Å². The van der Waals surface area contributed by atoms with E-state index in [0.717, 1.165) is 51.5 Å². The van der Waals surface area contributed by atoms with Crippen LogP contribution in [-0.2, 0) is 14.8 Å². The molecule has 0 aromatic rings. The lowest BCUT2D eigenvalue weighted by atomic mass is 9.86. The molecule has 2 aliphatic carbocycles. The van der Waals surface area contributed by atoms with Gasteiger partial charge in [0.05, 0.1) is 11.3 Å². The van der Waals surface area contributed by atoms with Gasteiger partial charge in [-0.3, -0.25) is 4.79 Å². The zero-order chi connectivity index (χ0) is 22.3. The first-order valence-electron chi connectivity index (χ1n) is 11.9. The zero-order valence-corrected chi connectivity index (χ0v) is 19.4.